The van der Waals surface area contributed by atoms with E-state index in [4.69, 9.17) is 0 Å². The van der Waals surface area contributed by atoms with Gasteiger partial charge in [-0.2, -0.15) is 0 Å². The summed E-state index contributed by atoms with van der Waals surface area (Å²) in [7, 11) is 0. The molecule has 1 saturated carbocycles. The largest absolute Gasteiger partial charge is 0.396 e. The minimum atomic E-state index is -0.786. The maximum atomic E-state index is 13.6. The Morgan fingerprint density at radius 3 is 2.77 bits per heavy atom. The number of carbonyl (C=O) groups excluding carboxylic acids is 2. The summed E-state index contributed by atoms with van der Waals surface area (Å²) in [5, 5.41) is 15.3. The molecule has 0 radical (unpaired) electrons. The number of nitrogens with zero attached hydrogens (tertiary/aromatic N) is 3. The van der Waals surface area contributed by atoms with Gasteiger partial charge < -0.3 is 19.9 Å². The fraction of sp³-hybridized carbons (Fsp3) is 0.524. The highest BCUT2D eigenvalue weighted by molar-refractivity contribution is 7.13. The zero-order valence-corrected chi connectivity index (χ0v) is 17.3. The van der Waals surface area contributed by atoms with Crippen molar-refractivity contribution in [1.29, 1.82) is 0 Å². The standard InChI is InChI=1S/C21H24N4O4S/c26-11-14-13-10-24-15(6-3-7-16(24)27)17(13)25(20(29)12-4-1-2-5-12)18(14)19(28)23-21-22-8-9-30-21/h3,6-9,12-14,17-18,26H,1-2,4-5,10-11H2,(H,22,23,28)/t13-,14-,17+,18-/m0/s1. The monoisotopic (exact) mass is 428 g/mol. The molecule has 4 atom stereocenters. The average Bonchev–Trinajstić information content (AvgIpc) is 3.51. The lowest BCUT2D eigenvalue weighted by Crippen LogP contribution is -2.49. The molecule has 0 unspecified atom stereocenters. The number of carbonyl (C=O) groups is 2. The predicted octanol–water partition coefficient (Wildman–Crippen LogP) is 1.62. The van der Waals surface area contributed by atoms with E-state index in [1.807, 2.05) is 6.07 Å². The van der Waals surface area contributed by atoms with Crippen molar-refractivity contribution in [3.05, 3.63) is 45.8 Å². The Labute approximate surface area is 177 Å². The average molecular weight is 429 g/mol. The number of aromatic nitrogens is 2. The third-order valence-electron chi connectivity index (χ3n) is 6.84. The van der Waals surface area contributed by atoms with Crippen LogP contribution >= 0.6 is 11.3 Å². The van der Waals surface area contributed by atoms with Crippen molar-refractivity contribution in [2.75, 3.05) is 11.9 Å². The highest BCUT2D eigenvalue weighted by Gasteiger charge is 2.58. The molecule has 1 aliphatic carbocycles. The Hall–Kier alpha value is -2.52. The van der Waals surface area contributed by atoms with Gasteiger partial charge in [0.25, 0.3) is 5.56 Å². The molecule has 2 N–H and O–H groups in total. The number of pyridine rings is 1. The van der Waals surface area contributed by atoms with Crippen LogP contribution in [0.5, 0.6) is 0 Å². The summed E-state index contributed by atoms with van der Waals surface area (Å²) in [6, 6.07) is 3.90. The summed E-state index contributed by atoms with van der Waals surface area (Å²) >= 11 is 1.31. The summed E-state index contributed by atoms with van der Waals surface area (Å²) in [5.74, 6) is -1.10. The first-order chi connectivity index (χ1) is 14.6. The number of hydrogen-bond donors (Lipinski definition) is 2. The molecule has 2 aromatic rings. The molecule has 0 aromatic carbocycles. The van der Waals surface area contributed by atoms with Crippen molar-refractivity contribution < 1.29 is 14.7 Å². The molecule has 158 valence electrons. The minimum absolute atomic E-state index is 0.0394. The van der Waals surface area contributed by atoms with Crippen LogP contribution in [0.4, 0.5) is 5.13 Å². The lowest BCUT2D eigenvalue weighted by molar-refractivity contribution is -0.143. The number of amides is 2. The van der Waals surface area contributed by atoms with Gasteiger partial charge in [-0.25, -0.2) is 4.98 Å². The van der Waals surface area contributed by atoms with Gasteiger partial charge in [-0.15, -0.1) is 11.3 Å². The molecular formula is C21H24N4O4S. The first-order valence-electron chi connectivity index (χ1n) is 10.4. The number of hydrogen-bond acceptors (Lipinski definition) is 6. The second-order valence-electron chi connectivity index (χ2n) is 8.35. The molecule has 8 nitrogen and oxygen atoms in total. The molecule has 2 amide bonds. The Balaban J connectivity index is 1.57. The smallest absolute Gasteiger partial charge is 0.250 e. The molecule has 0 spiro atoms. The lowest BCUT2D eigenvalue weighted by atomic mass is 9.88. The van der Waals surface area contributed by atoms with E-state index < -0.39 is 12.0 Å². The van der Waals surface area contributed by atoms with Crippen LogP contribution in [0.2, 0.25) is 0 Å². The molecule has 0 bridgehead atoms. The lowest BCUT2D eigenvalue weighted by Gasteiger charge is -2.32. The van der Waals surface area contributed by atoms with E-state index in [2.05, 4.69) is 10.3 Å². The Kier molecular flexibility index (Phi) is 4.94. The van der Waals surface area contributed by atoms with Crippen molar-refractivity contribution in [2.24, 2.45) is 17.8 Å². The van der Waals surface area contributed by atoms with Gasteiger partial charge >= 0.3 is 0 Å². The van der Waals surface area contributed by atoms with Crippen molar-refractivity contribution in [1.82, 2.24) is 14.5 Å². The summed E-state index contributed by atoms with van der Waals surface area (Å²) in [4.78, 5) is 45.1. The number of aliphatic hydroxyl groups is 1. The third kappa shape index (κ3) is 2.99. The fourth-order valence-corrected chi connectivity index (χ4v) is 6.06. The van der Waals surface area contributed by atoms with Gasteiger partial charge in [0.1, 0.15) is 6.04 Å². The predicted molar refractivity (Wildman–Crippen MR) is 111 cm³/mol. The van der Waals surface area contributed by atoms with Gasteiger partial charge in [0.2, 0.25) is 11.8 Å². The first kappa shape index (κ1) is 19.4. The molecule has 2 aliphatic heterocycles. The number of likely N-dealkylation sites (tertiary alicyclic amines) is 1. The van der Waals surface area contributed by atoms with Gasteiger partial charge in [-0.1, -0.05) is 18.9 Å². The van der Waals surface area contributed by atoms with E-state index in [0.717, 1.165) is 31.4 Å². The van der Waals surface area contributed by atoms with Crippen LogP contribution in [0.1, 0.15) is 37.4 Å². The number of thiazole rings is 1. The van der Waals surface area contributed by atoms with Crippen LogP contribution in [0.3, 0.4) is 0 Å². The maximum Gasteiger partial charge on any atom is 0.250 e. The van der Waals surface area contributed by atoms with Crippen LogP contribution in [-0.2, 0) is 16.1 Å². The Bertz CT molecular complexity index is 1010. The topological polar surface area (TPSA) is 105 Å². The van der Waals surface area contributed by atoms with Crippen LogP contribution in [-0.4, -0.2) is 44.0 Å². The Morgan fingerprint density at radius 1 is 1.27 bits per heavy atom. The zero-order valence-electron chi connectivity index (χ0n) is 16.4. The minimum Gasteiger partial charge on any atom is -0.396 e. The summed E-state index contributed by atoms with van der Waals surface area (Å²) in [6.07, 6.45) is 5.26. The highest BCUT2D eigenvalue weighted by atomic mass is 32.1. The van der Waals surface area contributed by atoms with Gasteiger partial charge in [0.05, 0.1) is 6.04 Å². The zero-order chi connectivity index (χ0) is 20.8. The molecule has 2 aromatic heterocycles. The summed E-state index contributed by atoms with van der Waals surface area (Å²) < 4.78 is 1.68. The van der Waals surface area contributed by atoms with Crippen LogP contribution in [0, 0.1) is 17.8 Å². The molecule has 5 rings (SSSR count). The Morgan fingerprint density at radius 2 is 2.07 bits per heavy atom. The van der Waals surface area contributed by atoms with Gasteiger partial charge in [0.15, 0.2) is 5.13 Å². The number of anilines is 1. The quantitative estimate of drug-likeness (QED) is 0.770. The van der Waals surface area contributed by atoms with Crippen LogP contribution < -0.4 is 10.9 Å². The van der Waals surface area contributed by atoms with Crippen LogP contribution in [0.15, 0.2) is 34.6 Å². The SMILES string of the molecule is O=C(Nc1nccs1)[C@@H]1[C@@H](CO)[C@@H]2Cn3c(cccc3=O)[C@@H]2N1C(=O)C1CCCC1. The van der Waals surface area contributed by atoms with Crippen molar-refractivity contribution >= 4 is 28.3 Å². The highest BCUT2D eigenvalue weighted by Crippen LogP contribution is 2.50. The number of nitrogens with one attached hydrogen (secondary N) is 1. The first-order valence-corrected chi connectivity index (χ1v) is 11.3. The van der Waals surface area contributed by atoms with Crippen molar-refractivity contribution in [2.45, 2.75) is 44.3 Å². The van der Waals surface area contributed by atoms with Gasteiger partial charge in [0, 0.05) is 54.2 Å². The molecule has 3 aliphatic rings. The van der Waals surface area contributed by atoms with E-state index in [9.17, 15) is 19.5 Å². The van der Waals surface area contributed by atoms with Crippen molar-refractivity contribution in [3.8, 4) is 0 Å². The third-order valence-corrected chi connectivity index (χ3v) is 7.53. The van der Waals surface area contributed by atoms with Crippen molar-refractivity contribution in [3.63, 3.8) is 0 Å². The summed E-state index contributed by atoms with van der Waals surface area (Å²) in [5.41, 5.74) is 0.637. The van der Waals surface area contributed by atoms with E-state index >= 15 is 0 Å². The van der Waals surface area contributed by atoms with Gasteiger partial charge in [-0.05, 0) is 18.9 Å². The van der Waals surface area contributed by atoms with Gasteiger partial charge in [-0.3, -0.25) is 14.4 Å². The molecular weight excluding hydrogens is 404 g/mol. The molecule has 2 fully saturated rings. The normalized spacial score (nSPS) is 27.8. The fourth-order valence-electron chi connectivity index (χ4n) is 5.53. The molecule has 9 heteroatoms. The number of fused-ring (bicyclic) bond motifs is 3. The maximum absolute atomic E-state index is 13.6. The number of rotatable bonds is 4. The van der Waals surface area contributed by atoms with E-state index in [1.54, 1.807) is 27.1 Å². The molecule has 1 saturated heterocycles. The van der Waals surface area contributed by atoms with E-state index in [0.29, 0.717) is 11.7 Å². The van der Waals surface area contributed by atoms with E-state index in [1.165, 1.54) is 17.4 Å². The van der Waals surface area contributed by atoms with E-state index in [-0.39, 0.29) is 41.9 Å². The second-order valence-corrected chi connectivity index (χ2v) is 9.25. The van der Waals surface area contributed by atoms with Crippen LogP contribution in [0.25, 0.3) is 0 Å². The summed E-state index contributed by atoms with van der Waals surface area (Å²) in [6.45, 7) is 0.175. The second kappa shape index (κ2) is 7.63. The molecule has 4 heterocycles. The number of aliphatic hydroxyl groups excluding tert-OH is 1. The molecule has 30 heavy (non-hydrogen) atoms.